The molecule has 172 valence electrons. The largest absolute Gasteiger partial charge is 0.488 e. The van der Waals surface area contributed by atoms with E-state index in [1.54, 1.807) is 23.1 Å². The molecule has 0 N–H and O–H groups in total. The van der Waals surface area contributed by atoms with Gasteiger partial charge in [-0.1, -0.05) is 30.3 Å². The molecular formula is C25H22BrF3N2O2. The van der Waals surface area contributed by atoms with Gasteiger partial charge in [0.05, 0.1) is 10.0 Å². The monoisotopic (exact) mass is 518 g/mol. The molecule has 1 fully saturated rings. The van der Waals surface area contributed by atoms with Crippen molar-refractivity contribution >= 4 is 27.5 Å². The highest BCUT2D eigenvalue weighted by atomic mass is 79.9. The molecule has 0 bridgehead atoms. The fraction of sp³-hybridized carbons (Fsp3) is 0.240. The summed E-state index contributed by atoms with van der Waals surface area (Å²) in [6.07, 6.45) is -4.37. The van der Waals surface area contributed by atoms with Crippen LogP contribution in [-0.2, 0) is 12.8 Å². The Hall–Kier alpha value is -3.00. The fourth-order valence-corrected chi connectivity index (χ4v) is 4.09. The quantitative estimate of drug-likeness (QED) is 0.414. The summed E-state index contributed by atoms with van der Waals surface area (Å²) in [7, 11) is 0. The molecule has 0 atom stereocenters. The third-order valence-corrected chi connectivity index (χ3v) is 6.19. The second-order valence-corrected chi connectivity index (χ2v) is 8.60. The third kappa shape index (κ3) is 5.68. The number of para-hydroxylation sites is 1. The summed E-state index contributed by atoms with van der Waals surface area (Å²) in [6.45, 7) is 2.23. The lowest BCUT2D eigenvalue weighted by Gasteiger charge is -2.36. The van der Waals surface area contributed by atoms with Crippen LogP contribution in [-0.4, -0.2) is 37.0 Å². The predicted octanol–water partition coefficient (Wildman–Crippen LogP) is 6.01. The highest BCUT2D eigenvalue weighted by molar-refractivity contribution is 9.10. The average molecular weight is 519 g/mol. The van der Waals surface area contributed by atoms with Crippen LogP contribution >= 0.6 is 15.9 Å². The summed E-state index contributed by atoms with van der Waals surface area (Å²) >= 11 is 3.45. The van der Waals surface area contributed by atoms with Crippen LogP contribution in [0, 0.1) is 0 Å². The lowest BCUT2D eigenvalue weighted by molar-refractivity contribution is -0.137. The minimum Gasteiger partial charge on any atom is -0.488 e. The average Bonchev–Trinajstić information content (AvgIpc) is 2.83. The Morgan fingerprint density at radius 3 is 2.27 bits per heavy atom. The van der Waals surface area contributed by atoms with E-state index in [4.69, 9.17) is 4.74 Å². The fourth-order valence-electron chi connectivity index (χ4n) is 3.70. The Morgan fingerprint density at radius 2 is 1.61 bits per heavy atom. The van der Waals surface area contributed by atoms with Crippen molar-refractivity contribution in [3.63, 3.8) is 0 Å². The molecule has 3 aromatic carbocycles. The van der Waals surface area contributed by atoms with Crippen LogP contribution in [0.2, 0.25) is 0 Å². The van der Waals surface area contributed by atoms with Crippen molar-refractivity contribution in [2.24, 2.45) is 0 Å². The maximum atomic E-state index is 13.0. The predicted molar refractivity (Wildman–Crippen MR) is 124 cm³/mol. The van der Waals surface area contributed by atoms with E-state index in [1.165, 1.54) is 6.07 Å². The zero-order chi connectivity index (χ0) is 23.4. The van der Waals surface area contributed by atoms with Crippen LogP contribution in [0.15, 0.2) is 77.3 Å². The number of alkyl halides is 3. The van der Waals surface area contributed by atoms with Gasteiger partial charge in [0, 0.05) is 37.4 Å². The van der Waals surface area contributed by atoms with Crippen molar-refractivity contribution in [1.82, 2.24) is 4.90 Å². The first-order chi connectivity index (χ1) is 15.8. The normalized spacial score (nSPS) is 14.3. The lowest BCUT2D eigenvalue weighted by Crippen LogP contribution is -2.48. The Balaban J connectivity index is 1.33. The van der Waals surface area contributed by atoms with Crippen LogP contribution in [0.3, 0.4) is 0 Å². The van der Waals surface area contributed by atoms with Crippen LogP contribution in [0.1, 0.15) is 21.5 Å². The molecule has 3 aromatic rings. The molecule has 0 radical (unpaired) electrons. The van der Waals surface area contributed by atoms with E-state index in [9.17, 15) is 18.0 Å². The molecule has 1 amide bonds. The summed E-state index contributed by atoms with van der Waals surface area (Å²) in [5.41, 5.74) is 1.37. The van der Waals surface area contributed by atoms with E-state index < -0.39 is 11.7 Å². The number of carbonyl (C=O) groups is 1. The first-order valence-electron chi connectivity index (χ1n) is 10.5. The number of benzene rings is 3. The summed E-state index contributed by atoms with van der Waals surface area (Å²) in [5, 5.41) is 0. The molecule has 33 heavy (non-hydrogen) atoms. The van der Waals surface area contributed by atoms with Crippen molar-refractivity contribution in [3.05, 3.63) is 94.0 Å². The SMILES string of the molecule is O=C(c1ccc(COc2ccccc2Br)cc1)N1CCN(c2cccc(C(F)(F)F)c2)CC1. The molecular weight excluding hydrogens is 497 g/mol. The molecule has 0 spiro atoms. The van der Waals surface area contributed by atoms with E-state index in [0.717, 1.165) is 27.9 Å². The Bertz CT molecular complexity index is 1110. The van der Waals surface area contributed by atoms with E-state index in [2.05, 4.69) is 15.9 Å². The van der Waals surface area contributed by atoms with Gasteiger partial charge in [0.15, 0.2) is 0 Å². The topological polar surface area (TPSA) is 32.8 Å². The van der Waals surface area contributed by atoms with Gasteiger partial charge in [0.1, 0.15) is 12.4 Å². The van der Waals surface area contributed by atoms with Gasteiger partial charge >= 0.3 is 6.18 Å². The van der Waals surface area contributed by atoms with Crippen molar-refractivity contribution < 1.29 is 22.7 Å². The molecule has 0 aromatic heterocycles. The molecule has 4 rings (SSSR count). The second kappa shape index (κ2) is 9.87. The van der Waals surface area contributed by atoms with Gasteiger partial charge < -0.3 is 14.5 Å². The number of carbonyl (C=O) groups excluding carboxylic acids is 1. The maximum Gasteiger partial charge on any atom is 0.416 e. The van der Waals surface area contributed by atoms with Crippen LogP contribution in [0.5, 0.6) is 5.75 Å². The van der Waals surface area contributed by atoms with E-state index in [-0.39, 0.29) is 5.91 Å². The molecule has 1 aliphatic heterocycles. The zero-order valence-corrected chi connectivity index (χ0v) is 19.3. The second-order valence-electron chi connectivity index (χ2n) is 7.74. The lowest BCUT2D eigenvalue weighted by atomic mass is 10.1. The van der Waals surface area contributed by atoms with Gasteiger partial charge in [0.2, 0.25) is 0 Å². The Morgan fingerprint density at radius 1 is 0.909 bits per heavy atom. The van der Waals surface area contributed by atoms with Crippen LogP contribution in [0.4, 0.5) is 18.9 Å². The molecule has 1 saturated heterocycles. The minimum absolute atomic E-state index is 0.0861. The molecule has 0 unspecified atom stereocenters. The number of ether oxygens (including phenoxy) is 1. The number of nitrogens with zero attached hydrogens (tertiary/aromatic N) is 2. The van der Waals surface area contributed by atoms with E-state index in [1.807, 2.05) is 41.3 Å². The van der Waals surface area contributed by atoms with Crippen molar-refractivity contribution in [2.75, 3.05) is 31.1 Å². The maximum absolute atomic E-state index is 13.0. The Kier molecular flexibility index (Phi) is 6.93. The summed E-state index contributed by atoms with van der Waals surface area (Å²) in [5.74, 6) is 0.660. The first-order valence-corrected chi connectivity index (χ1v) is 11.3. The third-order valence-electron chi connectivity index (χ3n) is 5.54. The summed E-state index contributed by atoms with van der Waals surface area (Å²) in [6, 6.07) is 20.2. The highest BCUT2D eigenvalue weighted by Gasteiger charge is 2.31. The van der Waals surface area contributed by atoms with Gasteiger partial charge in [-0.25, -0.2) is 0 Å². The van der Waals surface area contributed by atoms with Crippen LogP contribution < -0.4 is 9.64 Å². The van der Waals surface area contributed by atoms with Crippen LogP contribution in [0.25, 0.3) is 0 Å². The summed E-state index contributed by atoms with van der Waals surface area (Å²) < 4.78 is 45.7. The molecule has 4 nitrogen and oxygen atoms in total. The number of anilines is 1. The number of halogens is 4. The smallest absolute Gasteiger partial charge is 0.416 e. The molecule has 1 heterocycles. The van der Waals surface area contributed by atoms with Crippen molar-refractivity contribution in [3.8, 4) is 5.75 Å². The van der Waals surface area contributed by atoms with Gasteiger partial charge in [-0.3, -0.25) is 4.79 Å². The summed E-state index contributed by atoms with van der Waals surface area (Å²) in [4.78, 5) is 16.5. The van der Waals surface area contributed by atoms with E-state index >= 15 is 0 Å². The first kappa shape index (κ1) is 23.2. The van der Waals surface area contributed by atoms with Gasteiger partial charge in [-0.2, -0.15) is 13.2 Å². The number of hydrogen-bond donors (Lipinski definition) is 0. The highest BCUT2D eigenvalue weighted by Crippen LogP contribution is 2.32. The van der Waals surface area contributed by atoms with Gasteiger partial charge in [0.25, 0.3) is 5.91 Å². The molecule has 1 aliphatic rings. The number of rotatable bonds is 5. The molecule has 0 aliphatic carbocycles. The zero-order valence-electron chi connectivity index (χ0n) is 17.7. The van der Waals surface area contributed by atoms with E-state index in [0.29, 0.717) is 44.0 Å². The Labute approximate surface area is 198 Å². The number of hydrogen-bond acceptors (Lipinski definition) is 3. The number of piperazine rings is 1. The van der Waals surface area contributed by atoms with Gasteiger partial charge in [-0.15, -0.1) is 0 Å². The molecule has 0 saturated carbocycles. The number of amides is 1. The van der Waals surface area contributed by atoms with Gasteiger partial charge in [-0.05, 0) is 64.0 Å². The van der Waals surface area contributed by atoms with Crippen molar-refractivity contribution in [2.45, 2.75) is 12.8 Å². The minimum atomic E-state index is -4.37. The molecule has 8 heteroatoms. The van der Waals surface area contributed by atoms with Crippen molar-refractivity contribution in [1.29, 1.82) is 0 Å². The standard InChI is InChI=1S/C25H22BrF3N2O2/c26-22-6-1-2-7-23(22)33-17-18-8-10-19(11-9-18)24(32)31-14-12-30(13-15-31)21-5-3-4-20(16-21)25(27,28)29/h1-11,16H,12-15,17H2.